The Morgan fingerprint density at radius 3 is 2.41 bits per heavy atom. The maximum Gasteiger partial charge on any atom is 0.253 e. The topological polar surface area (TPSA) is 146 Å². The van der Waals surface area contributed by atoms with Crippen LogP contribution < -0.4 is 26.4 Å². The van der Waals surface area contributed by atoms with Crippen molar-refractivity contribution in [3.63, 3.8) is 0 Å². The number of nitrogens with one attached hydrogen (secondary N) is 5. The summed E-state index contributed by atoms with van der Waals surface area (Å²) in [6.45, 7) is 13.2. The summed E-state index contributed by atoms with van der Waals surface area (Å²) >= 11 is 0. The van der Waals surface area contributed by atoms with E-state index in [2.05, 4.69) is 51.5 Å². The highest BCUT2D eigenvalue weighted by molar-refractivity contribution is 6.06. The highest BCUT2D eigenvalue weighted by Gasteiger charge is 2.87. The summed E-state index contributed by atoms with van der Waals surface area (Å²) in [5, 5.41) is 18.0. The lowest BCUT2D eigenvalue weighted by atomic mass is 9.13. The monoisotopic (exact) mass is 732 g/mol. The van der Waals surface area contributed by atoms with E-state index in [1.54, 1.807) is 6.07 Å². The first-order valence-corrected chi connectivity index (χ1v) is 20.2. The fourth-order valence-electron chi connectivity index (χ4n) is 11.5. The van der Waals surface area contributed by atoms with Gasteiger partial charge in [-0.3, -0.25) is 19.3 Å². The van der Waals surface area contributed by atoms with E-state index < -0.39 is 0 Å². The number of carbonyl (C=O) groups is 2. The summed E-state index contributed by atoms with van der Waals surface area (Å²) in [6, 6.07) is 10.3. The standard InChI is InChI=1S/C43H56N8O3/c1-5-6-28-15-27(4)49-41(54)36(28)25-48-40(53)34-16-30(29-7-8-38(47-24-29)51-13-11-50(12-14-51)26(2)3)17-37(35(34)23-44)45-9-10-46-39(52)22-42-20-32-18-31-19-33(21-42)43(31,32)42/h7-8,15-17,23-24,26,31-33,44-45H,5-6,9-14,18-22,25H2,1-4H3,(H,46,52)(H,48,53)(H,49,54). The number of aromatic amines is 1. The van der Waals surface area contributed by atoms with Crippen molar-refractivity contribution in [2.45, 2.75) is 85.2 Å². The Bertz CT molecular complexity index is 1970. The van der Waals surface area contributed by atoms with E-state index in [0.29, 0.717) is 53.3 Å². The van der Waals surface area contributed by atoms with Crippen LogP contribution in [0, 0.1) is 40.9 Å². The number of hydrogen-bond donors (Lipinski definition) is 5. The lowest BCUT2D eigenvalue weighted by molar-refractivity contribution is -0.430. The zero-order valence-electron chi connectivity index (χ0n) is 32.3. The van der Waals surface area contributed by atoms with E-state index in [9.17, 15) is 14.4 Å². The van der Waals surface area contributed by atoms with Gasteiger partial charge in [-0.15, -0.1) is 0 Å². The molecule has 4 saturated carbocycles. The lowest BCUT2D eigenvalue weighted by Gasteiger charge is -2.91. The molecule has 2 aromatic heterocycles. The van der Waals surface area contributed by atoms with Crippen molar-refractivity contribution in [1.29, 1.82) is 5.41 Å². The fraction of sp³-hybridized carbons (Fsp3) is 0.558. The van der Waals surface area contributed by atoms with E-state index in [4.69, 9.17) is 10.4 Å². The zero-order chi connectivity index (χ0) is 37.8. The minimum absolute atomic E-state index is 0.0750. The Morgan fingerprint density at radius 1 is 1.02 bits per heavy atom. The third-order valence-electron chi connectivity index (χ3n) is 13.9. The molecule has 2 amide bonds. The summed E-state index contributed by atoms with van der Waals surface area (Å²) in [6.07, 6.45) is 10.5. The highest BCUT2D eigenvalue weighted by atomic mass is 16.2. The van der Waals surface area contributed by atoms with Gasteiger partial charge in [-0.1, -0.05) is 13.3 Å². The summed E-state index contributed by atoms with van der Waals surface area (Å²) in [7, 11) is 0. The van der Waals surface area contributed by atoms with Gasteiger partial charge in [0.15, 0.2) is 0 Å². The molecule has 2 unspecified atom stereocenters. The summed E-state index contributed by atoms with van der Waals surface area (Å²) in [4.78, 5) is 52.6. The minimum Gasteiger partial charge on any atom is -0.383 e. The largest absolute Gasteiger partial charge is 0.383 e. The molecule has 2 atom stereocenters. The van der Waals surface area contributed by atoms with Crippen LogP contribution in [0.5, 0.6) is 0 Å². The number of hydrogen-bond acceptors (Lipinski definition) is 8. The molecule has 5 N–H and O–H groups in total. The van der Waals surface area contributed by atoms with Crippen molar-refractivity contribution >= 4 is 29.5 Å². The number of piperazine rings is 1. The number of rotatable bonds is 15. The van der Waals surface area contributed by atoms with Gasteiger partial charge in [-0.25, -0.2) is 4.98 Å². The molecule has 4 aliphatic carbocycles. The number of aryl methyl sites for hydroxylation is 2. The number of carbonyl (C=O) groups excluding carboxylic acids is 2. The van der Waals surface area contributed by atoms with Gasteiger partial charge in [0, 0.05) is 98.8 Å². The van der Waals surface area contributed by atoms with Crippen LogP contribution in [-0.4, -0.2) is 78.2 Å². The van der Waals surface area contributed by atoms with Crippen LogP contribution in [0.3, 0.4) is 0 Å². The quantitative estimate of drug-likeness (QED) is 0.102. The lowest BCUT2D eigenvalue weighted by Crippen LogP contribution is -2.85. The summed E-state index contributed by atoms with van der Waals surface area (Å²) in [5.41, 5.74) is 5.89. The average Bonchev–Trinajstić information content (AvgIpc) is 3.13. The van der Waals surface area contributed by atoms with Gasteiger partial charge in [-0.05, 0) is 123 Å². The van der Waals surface area contributed by atoms with Gasteiger partial charge in [0.1, 0.15) is 5.82 Å². The first-order valence-electron chi connectivity index (χ1n) is 20.2. The molecule has 5 aliphatic rings. The number of amides is 2. The zero-order valence-corrected chi connectivity index (χ0v) is 32.3. The van der Waals surface area contributed by atoms with Crippen molar-refractivity contribution in [3.8, 4) is 11.1 Å². The van der Waals surface area contributed by atoms with Crippen LogP contribution in [0.2, 0.25) is 0 Å². The molecule has 1 aromatic carbocycles. The van der Waals surface area contributed by atoms with Gasteiger partial charge in [-0.2, -0.15) is 0 Å². The summed E-state index contributed by atoms with van der Waals surface area (Å²) in [5.74, 6) is 3.33. The van der Waals surface area contributed by atoms with Gasteiger partial charge < -0.3 is 31.2 Å². The van der Waals surface area contributed by atoms with Crippen molar-refractivity contribution < 1.29 is 9.59 Å². The minimum atomic E-state index is -0.372. The molecule has 11 nitrogen and oxygen atoms in total. The molecule has 54 heavy (non-hydrogen) atoms. The van der Waals surface area contributed by atoms with Crippen molar-refractivity contribution in [1.82, 2.24) is 25.5 Å². The van der Waals surface area contributed by atoms with Gasteiger partial charge >= 0.3 is 0 Å². The molecule has 5 fully saturated rings. The Morgan fingerprint density at radius 2 is 1.78 bits per heavy atom. The van der Waals surface area contributed by atoms with E-state index >= 15 is 0 Å². The molecule has 0 bridgehead atoms. The predicted octanol–water partition coefficient (Wildman–Crippen LogP) is 5.51. The molecular weight excluding hydrogens is 677 g/mol. The number of benzene rings is 1. The first-order chi connectivity index (χ1) is 26.1. The molecule has 286 valence electrons. The third-order valence-corrected chi connectivity index (χ3v) is 13.9. The molecule has 11 heteroatoms. The van der Waals surface area contributed by atoms with E-state index in [1.165, 1.54) is 31.9 Å². The van der Waals surface area contributed by atoms with Crippen LogP contribution >= 0.6 is 0 Å². The maximum atomic E-state index is 14.0. The highest BCUT2D eigenvalue weighted by Crippen LogP contribution is 2.93. The Hall–Kier alpha value is -4.51. The Kier molecular flexibility index (Phi) is 9.65. The van der Waals surface area contributed by atoms with E-state index in [-0.39, 0.29) is 29.3 Å². The molecule has 1 aliphatic heterocycles. The number of nitrogens with zero attached hydrogens (tertiary/aromatic N) is 3. The molecule has 3 heterocycles. The maximum absolute atomic E-state index is 14.0. The second kappa shape index (κ2) is 14.3. The van der Waals surface area contributed by atoms with Crippen molar-refractivity contribution in [2.75, 3.05) is 49.5 Å². The first kappa shape index (κ1) is 36.5. The molecule has 3 aromatic rings. The van der Waals surface area contributed by atoms with Gasteiger partial charge in [0.05, 0.1) is 5.56 Å². The predicted molar refractivity (Wildman–Crippen MR) is 213 cm³/mol. The molecule has 1 saturated heterocycles. The fourth-order valence-corrected chi connectivity index (χ4v) is 11.5. The van der Waals surface area contributed by atoms with Gasteiger partial charge in [0.2, 0.25) is 5.91 Å². The van der Waals surface area contributed by atoms with Crippen LogP contribution in [0.4, 0.5) is 11.5 Å². The van der Waals surface area contributed by atoms with Crippen molar-refractivity contribution in [2.24, 2.45) is 28.6 Å². The Balaban J connectivity index is 0.989. The second-order valence-electron chi connectivity index (χ2n) is 17.0. The van der Waals surface area contributed by atoms with E-state index in [1.807, 2.05) is 37.4 Å². The molecular formula is C43H56N8O3. The average molecular weight is 733 g/mol. The SMILES string of the molecule is CCCc1cc(C)[nH]c(=O)c1CNC(=O)c1cc(-c2ccc(N3CCN(C(C)C)CC3)nc2)cc(NCCNC(=O)CC23CC4CC5CC(C2)C543)c1C=N. The summed E-state index contributed by atoms with van der Waals surface area (Å²) < 4.78 is 0. The molecule has 0 radical (unpaired) electrons. The molecule has 1 spiro atoms. The van der Waals surface area contributed by atoms with Crippen LogP contribution in [-0.2, 0) is 17.8 Å². The third kappa shape index (κ3) is 6.03. The molecule has 8 rings (SSSR count). The number of H-pyrrole nitrogens is 1. The number of pyridine rings is 2. The second-order valence-corrected chi connectivity index (χ2v) is 17.0. The van der Waals surface area contributed by atoms with E-state index in [0.717, 1.165) is 85.0 Å². The Labute approximate surface area is 318 Å². The van der Waals surface area contributed by atoms with Crippen LogP contribution in [0.25, 0.3) is 11.1 Å². The smallest absolute Gasteiger partial charge is 0.253 e. The van der Waals surface area contributed by atoms with Crippen LogP contribution in [0.15, 0.2) is 41.3 Å². The number of anilines is 2. The van der Waals surface area contributed by atoms with Crippen molar-refractivity contribution in [3.05, 3.63) is 74.8 Å². The normalized spacial score (nSPS) is 26.3. The van der Waals surface area contributed by atoms with Crippen LogP contribution in [0.1, 0.15) is 92.0 Å². The number of aromatic nitrogens is 2. The van der Waals surface area contributed by atoms with Gasteiger partial charge in [0.25, 0.3) is 11.5 Å².